The second-order valence-corrected chi connectivity index (χ2v) is 11.4. The topological polar surface area (TPSA) is 95.7 Å². The van der Waals surface area contributed by atoms with E-state index in [1.165, 1.54) is 10.8 Å². The van der Waals surface area contributed by atoms with Crippen LogP contribution in [0.25, 0.3) is 10.8 Å². The number of nitrogens with one attached hydrogen (secondary N) is 1. The number of hydrogen-bond acceptors (Lipinski definition) is 6. The number of unbranched alkanes of at least 4 members (excludes halogenated alkanes) is 1. The molecule has 3 atom stereocenters. The number of carbonyl (C=O) groups is 3. The molecule has 34 heavy (non-hydrogen) atoms. The van der Waals surface area contributed by atoms with E-state index < -0.39 is 12.1 Å². The van der Waals surface area contributed by atoms with Crippen LogP contribution in [0.3, 0.4) is 0 Å². The summed E-state index contributed by atoms with van der Waals surface area (Å²) in [6, 6.07) is 12.4. The lowest BCUT2D eigenvalue weighted by Crippen LogP contribution is -2.62. The predicted octanol–water partition coefficient (Wildman–Crippen LogP) is 2.89. The van der Waals surface area contributed by atoms with E-state index in [-0.39, 0.29) is 23.8 Å². The molecular formula is C25H32N4O3S2. The molecule has 2 fully saturated rings. The highest BCUT2D eigenvalue weighted by atomic mass is 33.1. The molecule has 0 bridgehead atoms. The fourth-order valence-electron chi connectivity index (χ4n) is 4.57. The summed E-state index contributed by atoms with van der Waals surface area (Å²) < 4.78 is 0. The summed E-state index contributed by atoms with van der Waals surface area (Å²) >= 11 is 0. The number of amides is 3. The Morgan fingerprint density at radius 3 is 2.68 bits per heavy atom. The molecule has 182 valence electrons. The third kappa shape index (κ3) is 5.53. The zero-order valence-electron chi connectivity index (χ0n) is 19.4. The minimum atomic E-state index is -0.612. The quantitative estimate of drug-likeness (QED) is 0.613. The van der Waals surface area contributed by atoms with Crippen LogP contribution in [0.5, 0.6) is 0 Å². The number of carbonyl (C=O) groups excluding carboxylic acids is 3. The van der Waals surface area contributed by atoms with Crippen LogP contribution < -0.4 is 11.1 Å². The van der Waals surface area contributed by atoms with Gasteiger partial charge in [-0.25, -0.2) is 0 Å². The molecule has 0 aromatic heterocycles. The minimum absolute atomic E-state index is 0.00239. The fraction of sp³-hybridized carbons (Fsp3) is 0.480. The molecule has 3 amide bonds. The molecule has 2 aliphatic heterocycles. The molecule has 7 nitrogen and oxygen atoms in total. The Morgan fingerprint density at radius 2 is 1.85 bits per heavy atom. The van der Waals surface area contributed by atoms with Crippen molar-refractivity contribution in [1.29, 1.82) is 0 Å². The Kier molecular flexibility index (Phi) is 8.39. The highest BCUT2D eigenvalue weighted by Gasteiger charge is 2.37. The van der Waals surface area contributed by atoms with Crippen molar-refractivity contribution in [3.05, 3.63) is 48.0 Å². The van der Waals surface area contributed by atoms with Crippen LogP contribution >= 0.6 is 21.6 Å². The Balaban J connectivity index is 1.51. The van der Waals surface area contributed by atoms with Crippen molar-refractivity contribution < 1.29 is 14.4 Å². The zero-order valence-corrected chi connectivity index (χ0v) is 21.1. The second-order valence-electron chi connectivity index (χ2n) is 8.84. The van der Waals surface area contributed by atoms with E-state index in [4.69, 9.17) is 5.73 Å². The Bertz CT molecular complexity index is 1040. The van der Waals surface area contributed by atoms with E-state index in [0.29, 0.717) is 36.7 Å². The summed E-state index contributed by atoms with van der Waals surface area (Å²) in [6.45, 7) is 3.55. The van der Waals surface area contributed by atoms with Gasteiger partial charge in [-0.05, 0) is 23.3 Å². The largest absolute Gasteiger partial charge is 0.342 e. The van der Waals surface area contributed by atoms with Gasteiger partial charge in [0.1, 0.15) is 6.04 Å². The van der Waals surface area contributed by atoms with Crippen LogP contribution in [0.15, 0.2) is 42.5 Å². The van der Waals surface area contributed by atoms with Gasteiger partial charge in [-0.1, -0.05) is 77.8 Å². The highest BCUT2D eigenvalue weighted by Crippen LogP contribution is 2.27. The van der Waals surface area contributed by atoms with Crippen LogP contribution in [0.2, 0.25) is 0 Å². The highest BCUT2D eigenvalue weighted by molar-refractivity contribution is 8.76. The van der Waals surface area contributed by atoms with Gasteiger partial charge < -0.3 is 20.9 Å². The van der Waals surface area contributed by atoms with E-state index in [0.717, 1.165) is 30.0 Å². The van der Waals surface area contributed by atoms with Crippen LogP contribution in [0, 0.1) is 0 Å². The number of hydrogen-bond donors (Lipinski definition) is 2. The molecule has 0 aliphatic carbocycles. The number of rotatable bonds is 5. The molecule has 0 spiro atoms. The van der Waals surface area contributed by atoms with Crippen molar-refractivity contribution in [3.63, 3.8) is 0 Å². The predicted molar refractivity (Wildman–Crippen MR) is 140 cm³/mol. The van der Waals surface area contributed by atoms with E-state index in [9.17, 15) is 14.4 Å². The van der Waals surface area contributed by atoms with Gasteiger partial charge in [-0.2, -0.15) is 0 Å². The average Bonchev–Trinajstić information content (AvgIpc) is 2.86. The first-order valence-electron chi connectivity index (χ1n) is 11.9. The van der Waals surface area contributed by atoms with Gasteiger partial charge in [-0.3, -0.25) is 14.4 Å². The Hall–Kier alpha value is -2.23. The fourth-order valence-corrected chi connectivity index (χ4v) is 6.84. The molecule has 3 N–H and O–H groups in total. The lowest BCUT2D eigenvalue weighted by atomic mass is 10.0. The SMILES string of the molecule is CCCCC1CN(C(=O)c2cccc3ccccc23)CCN1C(=O)[C@@H]1CSSC[C@H](N)C(=O)N1. The monoisotopic (exact) mass is 500 g/mol. The summed E-state index contributed by atoms with van der Waals surface area (Å²) in [5, 5.41) is 4.84. The van der Waals surface area contributed by atoms with E-state index >= 15 is 0 Å². The van der Waals surface area contributed by atoms with Crippen LogP contribution in [-0.2, 0) is 9.59 Å². The molecule has 2 aliphatic rings. The van der Waals surface area contributed by atoms with Gasteiger partial charge in [0, 0.05) is 42.7 Å². The summed E-state index contributed by atoms with van der Waals surface area (Å²) in [7, 11) is 3.10. The van der Waals surface area contributed by atoms with E-state index in [1.807, 2.05) is 52.3 Å². The Morgan fingerprint density at radius 1 is 1.09 bits per heavy atom. The summed E-state index contributed by atoms with van der Waals surface area (Å²) in [5.74, 6) is 0.695. The first kappa shape index (κ1) is 24.9. The van der Waals surface area contributed by atoms with E-state index in [1.54, 1.807) is 10.8 Å². The first-order chi connectivity index (χ1) is 16.5. The van der Waals surface area contributed by atoms with Gasteiger partial charge in [0.05, 0.1) is 6.04 Å². The summed E-state index contributed by atoms with van der Waals surface area (Å²) in [5.41, 5.74) is 6.61. The van der Waals surface area contributed by atoms with Crippen LogP contribution in [-0.4, -0.2) is 76.8 Å². The van der Waals surface area contributed by atoms with Crippen LogP contribution in [0.1, 0.15) is 36.5 Å². The first-order valence-corrected chi connectivity index (χ1v) is 14.4. The Labute approximate surface area is 208 Å². The number of nitrogens with zero attached hydrogens (tertiary/aromatic N) is 2. The molecule has 2 aromatic carbocycles. The van der Waals surface area contributed by atoms with Gasteiger partial charge in [0.2, 0.25) is 11.8 Å². The normalized spacial score (nSPS) is 23.8. The third-order valence-corrected chi connectivity index (χ3v) is 8.93. The van der Waals surface area contributed by atoms with Gasteiger partial charge in [0.15, 0.2) is 0 Å². The zero-order chi connectivity index (χ0) is 24.1. The minimum Gasteiger partial charge on any atom is -0.342 e. The second kappa shape index (κ2) is 11.5. The van der Waals surface area contributed by atoms with Gasteiger partial charge >= 0.3 is 0 Å². The maximum Gasteiger partial charge on any atom is 0.254 e. The van der Waals surface area contributed by atoms with Crippen LogP contribution in [0.4, 0.5) is 0 Å². The van der Waals surface area contributed by atoms with Crippen molar-refractivity contribution in [2.75, 3.05) is 31.1 Å². The van der Waals surface area contributed by atoms with Crippen molar-refractivity contribution in [3.8, 4) is 0 Å². The number of piperazine rings is 1. The standard InChI is InChI=1S/C25H32N4O3S2/c1-2-3-9-18-14-28(24(31)20-11-6-8-17-7-4-5-10-19(17)20)12-13-29(18)25(32)22-16-34-33-15-21(26)23(30)27-22/h4-8,10-11,18,21-22H,2-3,9,12-16,26H2,1H3,(H,27,30)/t18?,21-,22-/m0/s1. The number of benzene rings is 2. The van der Waals surface area contributed by atoms with Crippen molar-refractivity contribution >= 4 is 50.1 Å². The third-order valence-electron chi connectivity index (χ3n) is 6.48. The lowest BCUT2D eigenvalue weighted by molar-refractivity contribution is -0.140. The maximum atomic E-state index is 13.5. The smallest absolute Gasteiger partial charge is 0.254 e. The average molecular weight is 501 g/mol. The molecule has 2 saturated heterocycles. The van der Waals surface area contributed by atoms with Crippen molar-refractivity contribution in [2.45, 2.75) is 44.3 Å². The summed E-state index contributed by atoms with van der Waals surface area (Å²) in [4.78, 5) is 43.1. The molecule has 2 heterocycles. The molecule has 1 unspecified atom stereocenters. The molecule has 4 rings (SSSR count). The number of fused-ring (bicyclic) bond motifs is 1. The summed E-state index contributed by atoms with van der Waals surface area (Å²) in [6.07, 6.45) is 2.80. The molecular weight excluding hydrogens is 468 g/mol. The molecule has 0 saturated carbocycles. The van der Waals surface area contributed by atoms with Gasteiger partial charge in [0.25, 0.3) is 5.91 Å². The lowest BCUT2D eigenvalue weighted by Gasteiger charge is -2.43. The molecule has 0 radical (unpaired) electrons. The van der Waals surface area contributed by atoms with Gasteiger partial charge in [-0.15, -0.1) is 0 Å². The molecule has 9 heteroatoms. The van der Waals surface area contributed by atoms with Crippen molar-refractivity contribution in [2.24, 2.45) is 5.73 Å². The maximum absolute atomic E-state index is 13.5. The van der Waals surface area contributed by atoms with Crippen molar-refractivity contribution in [1.82, 2.24) is 15.1 Å². The number of nitrogens with two attached hydrogens (primary N) is 1. The molecule has 2 aromatic rings. The van der Waals surface area contributed by atoms with E-state index in [2.05, 4.69) is 12.2 Å².